The van der Waals surface area contributed by atoms with Crippen LogP contribution in [0.5, 0.6) is 11.5 Å². The molecule has 1 atom stereocenters. The van der Waals surface area contributed by atoms with Crippen molar-refractivity contribution in [2.75, 3.05) is 0 Å². The first-order valence-corrected chi connectivity index (χ1v) is 10.2. The summed E-state index contributed by atoms with van der Waals surface area (Å²) in [4.78, 5) is 37.1. The molecule has 2 aliphatic carbocycles. The Labute approximate surface area is 172 Å². The Balaban J connectivity index is 2.42. The average molecular weight is 398 g/mol. The highest BCUT2D eigenvalue weighted by molar-refractivity contribution is 6.09. The van der Waals surface area contributed by atoms with E-state index in [-0.39, 0.29) is 28.6 Å². The molecule has 5 nitrogen and oxygen atoms in total. The molecular weight excluding hydrogens is 368 g/mol. The Bertz CT molecular complexity index is 935. The van der Waals surface area contributed by atoms with Gasteiger partial charge in [-0.1, -0.05) is 46.6 Å². The fourth-order valence-corrected chi connectivity index (χ4v) is 5.04. The summed E-state index contributed by atoms with van der Waals surface area (Å²) in [6.07, 6.45) is 4.58. The molecule has 0 N–H and O–H groups in total. The quantitative estimate of drug-likeness (QED) is 0.514. The van der Waals surface area contributed by atoms with Gasteiger partial charge in [-0.05, 0) is 36.3 Å². The molecule has 1 saturated carbocycles. The van der Waals surface area contributed by atoms with Gasteiger partial charge < -0.3 is 9.47 Å². The maximum Gasteiger partial charge on any atom is 0.308 e. The number of carbonyl (C=O) groups excluding carboxylic acids is 3. The maximum atomic E-state index is 13.2. The topological polar surface area (TPSA) is 69.7 Å². The van der Waals surface area contributed by atoms with Crippen molar-refractivity contribution >= 4 is 17.7 Å². The lowest BCUT2D eigenvalue weighted by molar-refractivity contribution is -0.134. The van der Waals surface area contributed by atoms with E-state index in [4.69, 9.17) is 9.47 Å². The van der Waals surface area contributed by atoms with E-state index in [9.17, 15) is 14.4 Å². The molecule has 29 heavy (non-hydrogen) atoms. The summed E-state index contributed by atoms with van der Waals surface area (Å²) in [5.41, 5.74) is 2.31. The SMILES string of the molecule is CC(=O)Oc1c(C(C)C)cc2c(c1OC(C)=O)[C@@]1(C)CCCC(C)(C)C1=CC2=O. The maximum absolute atomic E-state index is 13.2. The van der Waals surface area contributed by atoms with Gasteiger partial charge in [-0.25, -0.2) is 0 Å². The summed E-state index contributed by atoms with van der Waals surface area (Å²) in [6.45, 7) is 12.9. The Morgan fingerprint density at radius 3 is 2.14 bits per heavy atom. The molecule has 0 radical (unpaired) electrons. The molecule has 0 bridgehead atoms. The van der Waals surface area contributed by atoms with Gasteiger partial charge in [0, 0.05) is 36.0 Å². The fourth-order valence-electron chi connectivity index (χ4n) is 5.04. The van der Waals surface area contributed by atoms with E-state index in [0.717, 1.165) is 24.8 Å². The van der Waals surface area contributed by atoms with Crippen LogP contribution in [0.2, 0.25) is 0 Å². The van der Waals surface area contributed by atoms with Crippen LogP contribution in [0.1, 0.15) is 95.1 Å². The molecule has 0 heterocycles. The smallest absolute Gasteiger partial charge is 0.308 e. The van der Waals surface area contributed by atoms with Crippen LogP contribution in [-0.4, -0.2) is 17.7 Å². The van der Waals surface area contributed by atoms with E-state index in [0.29, 0.717) is 16.7 Å². The lowest BCUT2D eigenvalue weighted by atomic mass is 9.55. The predicted octanol–water partition coefficient (Wildman–Crippen LogP) is 5.25. The van der Waals surface area contributed by atoms with Crippen molar-refractivity contribution in [3.05, 3.63) is 34.4 Å². The van der Waals surface area contributed by atoms with Gasteiger partial charge in [0.25, 0.3) is 0 Å². The molecule has 0 saturated heterocycles. The number of ketones is 1. The van der Waals surface area contributed by atoms with Gasteiger partial charge in [0.05, 0.1) is 0 Å². The number of hydrogen-bond donors (Lipinski definition) is 0. The zero-order valence-corrected chi connectivity index (χ0v) is 18.4. The van der Waals surface area contributed by atoms with Gasteiger partial charge in [0.1, 0.15) is 0 Å². The van der Waals surface area contributed by atoms with E-state index in [1.165, 1.54) is 13.8 Å². The van der Waals surface area contributed by atoms with Gasteiger partial charge in [-0.2, -0.15) is 0 Å². The average Bonchev–Trinajstić information content (AvgIpc) is 2.57. The number of ether oxygens (including phenoxy) is 2. The van der Waals surface area contributed by atoms with Crippen molar-refractivity contribution in [2.45, 2.75) is 79.1 Å². The van der Waals surface area contributed by atoms with Gasteiger partial charge in [-0.15, -0.1) is 0 Å². The van der Waals surface area contributed by atoms with Crippen LogP contribution in [0.25, 0.3) is 0 Å². The van der Waals surface area contributed by atoms with Gasteiger partial charge in [0.15, 0.2) is 17.3 Å². The van der Waals surface area contributed by atoms with E-state index in [1.807, 2.05) is 19.9 Å². The highest BCUT2D eigenvalue weighted by Gasteiger charge is 2.49. The van der Waals surface area contributed by atoms with Gasteiger partial charge >= 0.3 is 11.9 Å². The van der Waals surface area contributed by atoms with Crippen LogP contribution < -0.4 is 9.47 Å². The molecule has 0 aromatic heterocycles. The lowest BCUT2D eigenvalue weighted by Crippen LogP contribution is -2.42. The van der Waals surface area contributed by atoms with Crippen LogP contribution in [0.15, 0.2) is 17.7 Å². The summed E-state index contributed by atoms with van der Waals surface area (Å²) in [5.74, 6) is -0.658. The zero-order valence-electron chi connectivity index (χ0n) is 18.4. The second-order valence-corrected chi connectivity index (χ2v) is 9.38. The largest absolute Gasteiger partial charge is 0.422 e. The molecule has 1 fully saturated rings. The van der Waals surface area contributed by atoms with Crippen LogP contribution in [0.3, 0.4) is 0 Å². The summed E-state index contributed by atoms with van der Waals surface area (Å²) in [5, 5.41) is 0. The Kier molecular flexibility index (Phi) is 5.22. The molecule has 5 heteroatoms. The highest BCUT2D eigenvalue weighted by Crippen LogP contribution is 2.58. The molecule has 2 aliphatic rings. The molecule has 156 valence electrons. The van der Waals surface area contributed by atoms with E-state index in [1.54, 1.807) is 6.08 Å². The van der Waals surface area contributed by atoms with E-state index < -0.39 is 17.4 Å². The van der Waals surface area contributed by atoms with Crippen LogP contribution in [-0.2, 0) is 15.0 Å². The third-order valence-electron chi connectivity index (χ3n) is 6.27. The fraction of sp³-hybridized carbons (Fsp3) is 0.542. The molecule has 0 spiro atoms. The van der Waals surface area contributed by atoms with Crippen LogP contribution in [0.4, 0.5) is 0 Å². The minimum Gasteiger partial charge on any atom is -0.422 e. The second kappa shape index (κ2) is 7.12. The molecule has 3 rings (SSSR count). The summed E-state index contributed by atoms with van der Waals surface area (Å²) in [6, 6.07) is 1.81. The van der Waals surface area contributed by atoms with Crippen LogP contribution >= 0.6 is 0 Å². The third kappa shape index (κ3) is 3.52. The minimum atomic E-state index is -0.510. The summed E-state index contributed by atoms with van der Waals surface area (Å²) >= 11 is 0. The minimum absolute atomic E-state index is 0.0299. The number of rotatable bonds is 3. The standard InChI is InChI=1S/C24H30O5/c1-13(2)16-11-17-18(27)12-19-23(5,6)9-8-10-24(19,7)20(17)22(29-15(4)26)21(16)28-14(3)25/h11-13H,8-10H2,1-7H3/t24-/m0/s1. The van der Waals surface area contributed by atoms with Crippen molar-refractivity contribution in [3.8, 4) is 11.5 Å². The second-order valence-electron chi connectivity index (χ2n) is 9.38. The number of esters is 2. The van der Waals surface area contributed by atoms with Crippen LogP contribution in [0, 0.1) is 5.41 Å². The number of fused-ring (bicyclic) bond motifs is 3. The van der Waals surface area contributed by atoms with Crippen molar-refractivity contribution in [1.82, 2.24) is 0 Å². The van der Waals surface area contributed by atoms with Crippen molar-refractivity contribution in [2.24, 2.45) is 5.41 Å². The first kappa shape index (κ1) is 21.3. The normalized spacial score (nSPS) is 22.5. The number of carbonyl (C=O) groups is 3. The molecular formula is C24H30O5. The molecule has 0 unspecified atom stereocenters. The van der Waals surface area contributed by atoms with Gasteiger partial charge in [0.2, 0.25) is 0 Å². The van der Waals surface area contributed by atoms with Crippen molar-refractivity contribution in [1.29, 1.82) is 0 Å². The monoisotopic (exact) mass is 398 g/mol. The Morgan fingerprint density at radius 1 is 1.00 bits per heavy atom. The van der Waals surface area contributed by atoms with E-state index in [2.05, 4.69) is 20.8 Å². The molecule has 0 amide bonds. The number of allylic oxidation sites excluding steroid dienone is 2. The van der Waals surface area contributed by atoms with E-state index >= 15 is 0 Å². The summed E-state index contributed by atoms with van der Waals surface area (Å²) in [7, 11) is 0. The van der Waals surface area contributed by atoms with Crippen molar-refractivity contribution in [3.63, 3.8) is 0 Å². The Hall–Kier alpha value is -2.43. The van der Waals surface area contributed by atoms with Gasteiger partial charge in [-0.3, -0.25) is 14.4 Å². The number of benzene rings is 1. The zero-order chi connectivity index (χ0) is 21.7. The molecule has 0 aliphatic heterocycles. The molecule has 1 aromatic rings. The number of hydrogen-bond acceptors (Lipinski definition) is 5. The van der Waals surface area contributed by atoms with Crippen molar-refractivity contribution < 1.29 is 23.9 Å². The first-order chi connectivity index (χ1) is 13.4. The first-order valence-electron chi connectivity index (χ1n) is 10.2. The summed E-state index contributed by atoms with van der Waals surface area (Å²) < 4.78 is 11.2. The third-order valence-corrected chi connectivity index (χ3v) is 6.27. The Morgan fingerprint density at radius 2 is 1.59 bits per heavy atom. The predicted molar refractivity (Wildman–Crippen MR) is 111 cm³/mol. The lowest BCUT2D eigenvalue weighted by Gasteiger charge is -2.49. The highest BCUT2D eigenvalue weighted by atomic mass is 16.6. The molecule has 1 aromatic carbocycles.